The van der Waals surface area contributed by atoms with Crippen LogP contribution in [0.5, 0.6) is 0 Å². The summed E-state index contributed by atoms with van der Waals surface area (Å²) in [4.78, 5) is 0. The molecule has 1 aromatic carbocycles. The van der Waals surface area contributed by atoms with Crippen molar-refractivity contribution in [2.45, 2.75) is 62.8 Å². The van der Waals surface area contributed by atoms with E-state index in [1.54, 1.807) is 0 Å². The first kappa shape index (κ1) is 13.1. The standard InChI is InChI=1S/C17H26N2/c18-19-16(13-14-9-10-14)17(11-5-2-6-12-17)15-7-3-1-4-8-15/h1,3-4,7-8,14,16,19H,2,5-6,9-13,18H2. The van der Waals surface area contributed by atoms with Gasteiger partial charge in [-0.05, 0) is 30.7 Å². The molecular weight excluding hydrogens is 232 g/mol. The van der Waals surface area contributed by atoms with Crippen LogP contribution in [-0.2, 0) is 5.41 Å². The molecule has 1 atom stereocenters. The Kier molecular flexibility index (Phi) is 3.90. The second kappa shape index (κ2) is 5.64. The van der Waals surface area contributed by atoms with E-state index in [1.165, 1.54) is 56.9 Å². The zero-order valence-corrected chi connectivity index (χ0v) is 11.8. The highest BCUT2D eigenvalue weighted by molar-refractivity contribution is 5.28. The van der Waals surface area contributed by atoms with E-state index in [4.69, 9.17) is 5.84 Å². The number of benzene rings is 1. The van der Waals surface area contributed by atoms with Crippen LogP contribution < -0.4 is 11.3 Å². The molecule has 0 spiro atoms. The molecule has 2 saturated carbocycles. The fraction of sp³-hybridized carbons (Fsp3) is 0.647. The van der Waals surface area contributed by atoms with Gasteiger partial charge < -0.3 is 0 Å². The Morgan fingerprint density at radius 3 is 2.37 bits per heavy atom. The summed E-state index contributed by atoms with van der Waals surface area (Å²) in [6.45, 7) is 0. The van der Waals surface area contributed by atoms with Crippen molar-refractivity contribution in [3.63, 3.8) is 0 Å². The molecule has 104 valence electrons. The Bertz CT molecular complexity index is 391. The van der Waals surface area contributed by atoms with Crippen LogP contribution in [0.1, 0.15) is 56.9 Å². The van der Waals surface area contributed by atoms with Gasteiger partial charge in [0.15, 0.2) is 0 Å². The lowest BCUT2D eigenvalue weighted by atomic mass is 9.64. The first-order chi connectivity index (χ1) is 9.35. The minimum Gasteiger partial charge on any atom is -0.271 e. The van der Waals surface area contributed by atoms with E-state index in [2.05, 4.69) is 35.8 Å². The molecule has 1 unspecified atom stereocenters. The summed E-state index contributed by atoms with van der Waals surface area (Å²) in [5.41, 5.74) is 4.96. The molecule has 0 aromatic heterocycles. The van der Waals surface area contributed by atoms with Gasteiger partial charge in [0, 0.05) is 11.5 Å². The zero-order chi connectivity index (χ0) is 13.1. The van der Waals surface area contributed by atoms with Crippen LogP contribution in [0.4, 0.5) is 0 Å². The predicted molar refractivity (Wildman–Crippen MR) is 79.7 cm³/mol. The van der Waals surface area contributed by atoms with E-state index in [0.29, 0.717) is 6.04 Å². The summed E-state index contributed by atoms with van der Waals surface area (Å²) >= 11 is 0. The van der Waals surface area contributed by atoms with Crippen molar-refractivity contribution in [2.75, 3.05) is 0 Å². The Hall–Kier alpha value is -0.860. The van der Waals surface area contributed by atoms with Crippen LogP contribution in [0.15, 0.2) is 30.3 Å². The van der Waals surface area contributed by atoms with Crippen LogP contribution in [0, 0.1) is 5.92 Å². The molecule has 3 rings (SSSR count). The van der Waals surface area contributed by atoms with Gasteiger partial charge in [0.25, 0.3) is 0 Å². The Balaban J connectivity index is 1.90. The molecule has 2 aliphatic rings. The van der Waals surface area contributed by atoms with E-state index in [-0.39, 0.29) is 5.41 Å². The molecule has 2 nitrogen and oxygen atoms in total. The topological polar surface area (TPSA) is 38.0 Å². The van der Waals surface area contributed by atoms with Crippen LogP contribution >= 0.6 is 0 Å². The molecule has 3 N–H and O–H groups in total. The van der Waals surface area contributed by atoms with Gasteiger partial charge in [-0.1, -0.05) is 62.4 Å². The maximum atomic E-state index is 5.95. The van der Waals surface area contributed by atoms with Gasteiger partial charge >= 0.3 is 0 Å². The van der Waals surface area contributed by atoms with Crippen LogP contribution in [0.25, 0.3) is 0 Å². The van der Waals surface area contributed by atoms with Crippen LogP contribution in [-0.4, -0.2) is 6.04 Å². The lowest BCUT2D eigenvalue weighted by molar-refractivity contribution is 0.199. The average Bonchev–Trinajstić information content (AvgIpc) is 3.30. The Morgan fingerprint density at radius 1 is 1.11 bits per heavy atom. The first-order valence-electron chi connectivity index (χ1n) is 7.87. The van der Waals surface area contributed by atoms with Crippen LogP contribution in [0.3, 0.4) is 0 Å². The molecule has 0 amide bonds. The van der Waals surface area contributed by atoms with Gasteiger partial charge in [-0.3, -0.25) is 11.3 Å². The number of nitrogens with two attached hydrogens (primary N) is 1. The van der Waals surface area contributed by atoms with Crippen molar-refractivity contribution in [2.24, 2.45) is 11.8 Å². The molecular formula is C17H26N2. The number of rotatable bonds is 5. The molecule has 0 bridgehead atoms. The Morgan fingerprint density at radius 2 is 1.79 bits per heavy atom. The molecule has 2 fully saturated rings. The SMILES string of the molecule is NNC(CC1CC1)C1(c2ccccc2)CCCCC1. The maximum absolute atomic E-state index is 5.95. The van der Waals surface area contributed by atoms with Gasteiger partial charge in [0.05, 0.1) is 0 Å². The summed E-state index contributed by atoms with van der Waals surface area (Å²) in [5.74, 6) is 6.87. The molecule has 1 aromatic rings. The third-order valence-corrected chi connectivity index (χ3v) is 5.23. The third-order valence-electron chi connectivity index (χ3n) is 5.23. The highest BCUT2D eigenvalue weighted by atomic mass is 15.2. The van der Waals surface area contributed by atoms with Crippen molar-refractivity contribution >= 4 is 0 Å². The third kappa shape index (κ3) is 2.70. The Labute approximate surface area is 116 Å². The van der Waals surface area contributed by atoms with Crippen molar-refractivity contribution in [1.82, 2.24) is 5.43 Å². The van der Waals surface area contributed by atoms with Crippen molar-refractivity contribution < 1.29 is 0 Å². The molecule has 2 aliphatic carbocycles. The summed E-state index contributed by atoms with van der Waals surface area (Å²) in [6.07, 6.45) is 10.7. The average molecular weight is 258 g/mol. The predicted octanol–water partition coefficient (Wildman–Crippen LogP) is 3.52. The van der Waals surface area contributed by atoms with E-state index >= 15 is 0 Å². The lowest BCUT2D eigenvalue weighted by Gasteiger charge is -2.44. The minimum absolute atomic E-state index is 0.275. The molecule has 0 heterocycles. The van der Waals surface area contributed by atoms with E-state index in [0.717, 1.165) is 5.92 Å². The largest absolute Gasteiger partial charge is 0.271 e. The molecule has 0 radical (unpaired) electrons. The highest BCUT2D eigenvalue weighted by Gasteiger charge is 2.42. The monoisotopic (exact) mass is 258 g/mol. The normalized spacial score (nSPS) is 24.1. The smallest absolute Gasteiger partial charge is 0.0310 e. The lowest BCUT2D eigenvalue weighted by Crippen LogP contribution is -2.52. The fourth-order valence-corrected chi connectivity index (χ4v) is 3.93. The summed E-state index contributed by atoms with van der Waals surface area (Å²) < 4.78 is 0. The highest BCUT2D eigenvalue weighted by Crippen LogP contribution is 2.46. The molecule has 2 heteroatoms. The number of hydrazine groups is 1. The van der Waals surface area contributed by atoms with Crippen molar-refractivity contribution in [3.8, 4) is 0 Å². The molecule has 0 saturated heterocycles. The summed E-state index contributed by atoms with van der Waals surface area (Å²) in [7, 11) is 0. The number of nitrogens with one attached hydrogen (secondary N) is 1. The second-order valence-corrected chi connectivity index (χ2v) is 6.48. The van der Waals surface area contributed by atoms with E-state index in [9.17, 15) is 0 Å². The summed E-state index contributed by atoms with van der Waals surface area (Å²) in [5, 5.41) is 0. The first-order valence-corrected chi connectivity index (χ1v) is 7.87. The van der Waals surface area contributed by atoms with Crippen molar-refractivity contribution in [3.05, 3.63) is 35.9 Å². The van der Waals surface area contributed by atoms with Gasteiger partial charge in [-0.2, -0.15) is 0 Å². The second-order valence-electron chi connectivity index (χ2n) is 6.48. The fourth-order valence-electron chi connectivity index (χ4n) is 3.93. The quantitative estimate of drug-likeness (QED) is 0.626. The zero-order valence-electron chi connectivity index (χ0n) is 11.8. The number of hydrogen-bond acceptors (Lipinski definition) is 2. The van der Waals surface area contributed by atoms with Gasteiger partial charge in [0.2, 0.25) is 0 Å². The van der Waals surface area contributed by atoms with E-state index < -0.39 is 0 Å². The van der Waals surface area contributed by atoms with Crippen LogP contribution in [0.2, 0.25) is 0 Å². The maximum Gasteiger partial charge on any atom is 0.0310 e. The van der Waals surface area contributed by atoms with Crippen molar-refractivity contribution in [1.29, 1.82) is 0 Å². The van der Waals surface area contributed by atoms with Gasteiger partial charge in [0.1, 0.15) is 0 Å². The van der Waals surface area contributed by atoms with E-state index in [1.807, 2.05) is 0 Å². The van der Waals surface area contributed by atoms with Gasteiger partial charge in [-0.25, -0.2) is 0 Å². The molecule has 0 aliphatic heterocycles. The molecule has 19 heavy (non-hydrogen) atoms. The minimum atomic E-state index is 0.275. The number of hydrogen-bond donors (Lipinski definition) is 2. The summed E-state index contributed by atoms with van der Waals surface area (Å²) in [6, 6.07) is 11.5. The van der Waals surface area contributed by atoms with Gasteiger partial charge in [-0.15, -0.1) is 0 Å².